The van der Waals surface area contributed by atoms with E-state index < -0.39 is 0 Å². The Balaban J connectivity index is 1.43. The zero-order valence-corrected chi connectivity index (χ0v) is 15.7. The van der Waals surface area contributed by atoms with Crippen molar-refractivity contribution < 1.29 is 14.1 Å². The van der Waals surface area contributed by atoms with Crippen LogP contribution in [0.3, 0.4) is 0 Å². The van der Waals surface area contributed by atoms with E-state index in [1.807, 2.05) is 17.5 Å². The summed E-state index contributed by atoms with van der Waals surface area (Å²) in [6.07, 6.45) is 5.99. The third-order valence-corrected chi connectivity index (χ3v) is 6.44. The molecule has 1 aliphatic carbocycles. The summed E-state index contributed by atoms with van der Waals surface area (Å²) in [5.41, 5.74) is 0.402. The van der Waals surface area contributed by atoms with Gasteiger partial charge in [-0.3, -0.25) is 9.69 Å². The standard InChI is InChI=1S/C19H25N3O3S/c23-18(15-13-16(25-21-15)17-5-4-12-26-17)20-14-19(6-2-1-3-7-19)22-8-10-24-11-9-22/h4-5,12-13H,1-3,6-11,14H2,(H,20,23). The lowest BCUT2D eigenvalue weighted by Crippen LogP contribution is -2.59. The van der Waals surface area contributed by atoms with Gasteiger partial charge in [-0.1, -0.05) is 30.5 Å². The van der Waals surface area contributed by atoms with Gasteiger partial charge in [0.1, 0.15) is 0 Å². The van der Waals surface area contributed by atoms with Crippen LogP contribution in [0, 0.1) is 0 Å². The predicted molar refractivity (Wildman–Crippen MR) is 100 cm³/mol. The van der Waals surface area contributed by atoms with Gasteiger partial charge in [0.25, 0.3) is 5.91 Å². The Morgan fingerprint density at radius 3 is 2.81 bits per heavy atom. The predicted octanol–water partition coefficient (Wildman–Crippen LogP) is 3.17. The molecule has 6 nitrogen and oxygen atoms in total. The van der Waals surface area contributed by atoms with Gasteiger partial charge >= 0.3 is 0 Å². The molecule has 3 heterocycles. The number of nitrogens with one attached hydrogen (secondary N) is 1. The maximum Gasteiger partial charge on any atom is 0.273 e. The monoisotopic (exact) mass is 375 g/mol. The van der Waals surface area contributed by atoms with E-state index in [-0.39, 0.29) is 11.4 Å². The number of amides is 1. The van der Waals surface area contributed by atoms with Crippen molar-refractivity contribution >= 4 is 17.2 Å². The summed E-state index contributed by atoms with van der Waals surface area (Å²) in [5.74, 6) is 0.487. The van der Waals surface area contributed by atoms with Crippen LogP contribution in [-0.4, -0.2) is 54.4 Å². The first kappa shape index (κ1) is 17.7. The van der Waals surface area contributed by atoms with Crippen molar-refractivity contribution in [2.75, 3.05) is 32.8 Å². The minimum Gasteiger partial charge on any atom is -0.379 e. The highest BCUT2D eigenvalue weighted by Gasteiger charge is 2.39. The Morgan fingerprint density at radius 1 is 1.27 bits per heavy atom. The zero-order chi connectivity index (χ0) is 17.8. The molecule has 140 valence electrons. The van der Waals surface area contributed by atoms with Gasteiger partial charge in [-0.25, -0.2) is 0 Å². The first-order valence-corrected chi connectivity index (χ1v) is 10.3. The van der Waals surface area contributed by atoms with Crippen molar-refractivity contribution in [3.63, 3.8) is 0 Å². The van der Waals surface area contributed by atoms with Gasteiger partial charge in [-0.05, 0) is 24.3 Å². The summed E-state index contributed by atoms with van der Waals surface area (Å²) in [7, 11) is 0. The van der Waals surface area contributed by atoms with Gasteiger partial charge in [-0.15, -0.1) is 11.3 Å². The number of nitrogens with zero attached hydrogens (tertiary/aromatic N) is 2. The van der Waals surface area contributed by atoms with Crippen LogP contribution in [0.15, 0.2) is 28.1 Å². The number of morpholine rings is 1. The molecular weight excluding hydrogens is 350 g/mol. The molecule has 1 saturated heterocycles. The number of hydrogen-bond donors (Lipinski definition) is 1. The second-order valence-corrected chi connectivity index (χ2v) is 8.07. The average Bonchev–Trinajstić information content (AvgIpc) is 3.39. The number of aromatic nitrogens is 1. The van der Waals surface area contributed by atoms with Crippen molar-refractivity contribution in [2.45, 2.75) is 37.6 Å². The molecule has 1 saturated carbocycles. The van der Waals surface area contributed by atoms with Crippen molar-refractivity contribution in [2.24, 2.45) is 0 Å². The van der Waals surface area contributed by atoms with E-state index >= 15 is 0 Å². The molecule has 0 spiro atoms. The van der Waals surface area contributed by atoms with Gasteiger partial charge in [0, 0.05) is 31.2 Å². The molecule has 2 aromatic rings. The molecule has 2 aromatic heterocycles. The van der Waals surface area contributed by atoms with Crippen LogP contribution in [0.25, 0.3) is 10.6 Å². The molecule has 2 aliphatic rings. The van der Waals surface area contributed by atoms with Crippen molar-refractivity contribution in [3.05, 3.63) is 29.3 Å². The quantitative estimate of drug-likeness (QED) is 0.869. The molecule has 0 bridgehead atoms. The Morgan fingerprint density at radius 2 is 2.08 bits per heavy atom. The first-order valence-electron chi connectivity index (χ1n) is 9.38. The number of carbonyl (C=O) groups is 1. The maximum absolute atomic E-state index is 12.6. The number of hydrogen-bond acceptors (Lipinski definition) is 6. The molecule has 1 aliphatic heterocycles. The third kappa shape index (κ3) is 3.70. The second-order valence-electron chi connectivity index (χ2n) is 7.12. The maximum atomic E-state index is 12.6. The summed E-state index contributed by atoms with van der Waals surface area (Å²) in [5, 5.41) is 9.06. The molecular formula is C19H25N3O3S. The minimum atomic E-state index is -0.158. The summed E-state index contributed by atoms with van der Waals surface area (Å²) >= 11 is 1.57. The van der Waals surface area contributed by atoms with E-state index in [4.69, 9.17) is 9.26 Å². The SMILES string of the molecule is O=C(NCC1(N2CCOCC2)CCCCC1)c1cc(-c2cccs2)on1. The highest BCUT2D eigenvalue weighted by molar-refractivity contribution is 7.13. The molecule has 1 N–H and O–H groups in total. The number of rotatable bonds is 5. The van der Waals surface area contributed by atoms with Crippen molar-refractivity contribution in [1.82, 2.24) is 15.4 Å². The van der Waals surface area contributed by atoms with E-state index in [0.717, 1.165) is 44.0 Å². The number of ether oxygens (including phenoxy) is 1. The van der Waals surface area contributed by atoms with Gasteiger partial charge in [-0.2, -0.15) is 0 Å². The van der Waals surface area contributed by atoms with Gasteiger partial charge in [0.2, 0.25) is 0 Å². The molecule has 0 unspecified atom stereocenters. The van der Waals surface area contributed by atoms with E-state index in [1.54, 1.807) is 17.4 Å². The molecule has 0 atom stereocenters. The molecule has 1 amide bonds. The number of carbonyl (C=O) groups excluding carboxylic acids is 1. The van der Waals surface area contributed by atoms with Crippen molar-refractivity contribution in [1.29, 1.82) is 0 Å². The minimum absolute atomic E-state index is 0.0536. The van der Waals surface area contributed by atoms with E-state index in [9.17, 15) is 4.79 Å². The summed E-state index contributed by atoms with van der Waals surface area (Å²) in [6, 6.07) is 5.64. The highest BCUT2D eigenvalue weighted by atomic mass is 32.1. The lowest BCUT2D eigenvalue weighted by Gasteiger charge is -2.48. The molecule has 4 rings (SSSR count). The summed E-state index contributed by atoms with van der Waals surface area (Å²) in [4.78, 5) is 16.1. The van der Waals surface area contributed by atoms with Gasteiger partial charge in [0.05, 0.1) is 18.1 Å². The van der Waals surface area contributed by atoms with Crippen LogP contribution >= 0.6 is 11.3 Å². The van der Waals surface area contributed by atoms with Crippen LogP contribution < -0.4 is 5.32 Å². The van der Waals surface area contributed by atoms with Crippen LogP contribution in [0.2, 0.25) is 0 Å². The fraction of sp³-hybridized carbons (Fsp3) is 0.579. The van der Waals surface area contributed by atoms with Crippen LogP contribution in [0.5, 0.6) is 0 Å². The molecule has 26 heavy (non-hydrogen) atoms. The first-order chi connectivity index (χ1) is 12.8. The lowest BCUT2D eigenvalue weighted by atomic mass is 9.79. The van der Waals surface area contributed by atoms with Crippen LogP contribution in [0.1, 0.15) is 42.6 Å². The second kappa shape index (κ2) is 7.90. The molecule has 2 fully saturated rings. The van der Waals surface area contributed by atoms with Gasteiger partial charge in [0.15, 0.2) is 11.5 Å². The van der Waals surface area contributed by atoms with E-state index in [2.05, 4.69) is 15.4 Å². The fourth-order valence-corrected chi connectivity index (χ4v) is 4.78. The third-order valence-electron chi connectivity index (χ3n) is 5.55. The summed E-state index contributed by atoms with van der Waals surface area (Å²) in [6.45, 7) is 4.12. The zero-order valence-electron chi connectivity index (χ0n) is 14.9. The Hall–Kier alpha value is -1.70. The molecule has 0 radical (unpaired) electrons. The Bertz CT molecular complexity index is 716. The van der Waals surface area contributed by atoms with Gasteiger partial charge < -0.3 is 14.6 Å². The molecule has 7 heteroatoms. The largest absolute Gasteiger partial charge is 0.379 e. The topological polar surface area (TPSA) is 67.6 Å². The van der Waals surface area contributed by atoms with Crippen molar-refractivity contribution in [3.8, 4) is 10.6 Å². The van der Waals surface area contributed by atoms with Crippen LogP contribution in [-0.2, 0) is 4.74 Å². The smallest absolute Gasteiger partial charge is 0.273 e. The van der Waals surface area contributed by atoms with E-state index in [1.165, 1.54) is 19.3 Å². The van der Waals surface area contributed by atoms with Crippen LogP contribution in [0.4, 0.5) is 0 Å². The average molecular weight is 375 g/mol. The Labute approximate surface area is 157 Å². The lowest BCUT2D eigenvalue weighted by molar-refractivity contribution is -0.0361. The normalized spacial score (nSPS) is 20.8. The number of thiophene rings is 1. The highest BCUT2D eigenvalue weighted by Crippen LogP contribution is 2.34. The fourth-order valence-electron chi connectivity index (χ4n) is 4.10. The molecule has 0 aromatic carbocycles. The Kier molecular flexibility index (Phi) is 5.38. The van der Waals surface area contributed by atoms with E-state index in [0.29, 0.717) is 18.0 Å². The summed E-state index contributed by atoms with van der Waals surface area (Å²) < 4.78 is 10.9.